The molecule has 0 radical (unpaired) electrons. The molecule has 0 bridgehead atoms. The highest BCUT2D eigenvalue weighted by atomic mass is 16.3. The maximum atomic E-state index is 9.93. The van der Waals surface area contributed by atoms with Crippen LogP contribution < -0.4 is 0 Å². The fraction of sp³-hybridized carbons (Fsp3) is 0.750. The van der Waals surface area contributed by atoms with Gasteiger partial charge in [-0.2, -0.15) is 5.10 Å². The Labute approximate surface area is 92.1 Å². The van der Waals surface area contributed by atoms with Gasteiger partial charge in [0.2, 0.25) is 0 Å². The van der Waals surface area contributed by atoms with E-state index in [0.29, 0.717) is 17.7 Å². The van der Waals surface area contributed by atoms with Gasteiger partial charge in [-0.1, -0.05) is 20.8 Å². The van der Waals surface area contributed by atoms with Crippen molar-refractivity contribution in [3.8, 4) is 5.75 Å². The molecule has 15 heavy (non-hydrogen) atoms. The first-order valence-corrected chi connectivity index (χ1v) is 5.74. The number of aromatic hydroxyl groups is 1. The largest absolute Gasteiger partial charge is 0.504 e. The van der Waals surface area contributed by atoms with Crippen molar-refractivity contribution in [2.45, 2.75) is 53.5 Å². The topological polar surface area (TPSA) is 38.0 Å². The zero-order valence-corrected chi connectivity index (χ0v) is 10.4. The van der Waals surface area contributed by atoms with E-state index in [1.54, 1.807) is 0 Å². The summed E-state index contributed by atoms with van der Waals surface area (Å²) < 4.78 is 1.94. The summed E-state index contributed by atoms with van der Waals surface area (Å²) in [5, 5.41) is 14.4. The van der Waals surface area contributed by atoms with Crippen molar-refractivity contribution in [2.24, 2.45) is 5.92 Å². The molecule has 3 nitrogen and oxygen atoms in total. The second-order valence-corrected chi connectivity index (χ2v) is 4.68. The predicted molar refractivity (Wildman–Crippen MR) is 62.2 cm³/mol. The molecule has 0 saturated heterocycles. The molecule has 1 heterocycles. The van der Waals surface area contributed by atoms with Crippen LogP contribution in [0.2, 0.25) is 0 Å². The lowest BCUT2D eigenvalue weighted by Gasteiger charge is -2.10. The molecule has 0 amide bonds. The number of rotatable bonds is 4. The Bertz CT molecular complexity index is 329. The first kappa shape index (κ1) is 12.1. The van der Waals surface area contributed by atoms with Gasteiger partial charge < -0.3 is 5.11 Å². The van der Waals surface area contributed by atoms with Gasteiger partial charge in [-0.25, -0.2) is 0 Å². The van der Waals surface area contributed by atoms with Gasteiger partial charge in [0.1, 0.15) is 5.69 Å². The molecule has 1 N–H and O–H groups in total. The number of aromatic nitrogens is 2. The van der Waals surface area contributed by atoms with E-state index in [4.69, 9.17) is 0 Å². The van der Waals surface area contributed by atoms with Gasteiger partial charge in [-0.3, -0.25) is 4.68 Å². The van der Waals surface area contributed by atoms with Gasteiger partial charge >= 0.3 is 0 Å². The van der Waals surface area contributed by atoms with Crippen molar-refractivity contribution in [1.82, 2.24) is 9.78 Å². The van der Waals surface area contributed by atoms with Gasteiger partial charge in [-0.05, 0) is 32.6 Å². The molecule has 0 aliphatic carbocycles. The van der Waals surface area contributed by atoms with Gasteiger partial charge in [0.05, 0.1) is 5.69 Å². The first-order chi connectivity index (χ1) is 6.97. The summed E-state index contributed by atoms with van der Waals surface area (Å²) in [6, 6.07) is 0.358. The van der Waals surface area contributed by atoms with E-state index < -0.39 is 0 Å². The third-order valence-electron chi connectivity index (χ3n) is 2.80. The molecule has 1 unspecified atom stereocenters. The Kier molecular flexibility index (Phi) is 3.77. The Morgan fingerprint density at radius 2 is 1.93 bits per heavy atom. The van der Waals surface area contributed by atoms with Crippen molar-refractivity contribution in [1.29, 1.82) is 0 Å². The van der Waals surface area contributed by atoms with Crippen LogP contribution in [-0.2, 0) is 6.42 Å². The Morgan fingerprint density at radius 1 is 1.33 bits per heavy atom. The predicted octanol–water partition coefficient (Wildman–Crippen LogP) is 3.07. The van der Waals surface area contributed by atoms with Crippen LogP contribution in [-0.4, -0.2) is 14.9 Å². The summed E-state index contributed by atoms with van der Waals surface area (Å²) >= 11 is 0. The summed E-state index contributed by atoms with van der Waals surface area (Å²) in [5.41, 5.74) is 1.72. The lowest BCUT2D eigenvalue weighted by Crippen LogP contribution is -2.08. The summed E-state index contributed by atoms with van der Waals surface area (Å²) in [6.07, 6.45) is 1.87. The number of nitrogens with zero attached hydrogens (tertiary/aromatic N) is 2. The molecule has 0 spiro atoms. The maximum Gasteiger partial charge on any atom is 0.159 e. The average molecular weight is 210 g/mol. The van der Waals surface area contributed by atoms with E-state index in [9.17, 15) is 5.11 Å². The summed E-state index contributed by atoms with van der Waals surface area (Å²) in [5.74, 6) is 0.902. The summed E-state index contributed by atoms with van der Waals surface area (Å²) in [4.78, 5) is 0. The minimum absolute atomic E-state index is 0.358. The molecular weight excluding hydrogens is 188 g/mol. The molecule has 0 aromatic carbocycles. The molecule has 0 saturated carbocycles. The Morgan fingerprint density at radius 3 is 2.40 bits per heavy atom. The summed E-state index contributed by atoms with van der Waals surface area (Å²) in [6.45, 7) is 10.5. The van der Waals surface area contributed by atoms with Crippen LogP contribution in [0.3, 0.4) is 0 Å². The Hall–Kier alpha value is -0.990. The molecule has 1 rings (SSSR count). The second kappa shape index (κ2) is 4.69. The van der Waals surface area contributed by atoms with Crippen LogP contribution in [0.25, 0.3) is 0 Å². The average Bonchev–Trinajstić information content (AvgIpc) is 2.44. The lowest BCUT2D eigenvalue weighted by atomic mass is 10.1. The van der Waals surface area contributed by atoms with E-state index in [1.165, 1.54) is 0 Å². The standard InChI is InChI=1S/C12H22N2O/c1-6-9(4)14-10(5)12(15)11(13-14)7-8(2)3/h8-9,15H,6-7H2,1-5H3. The van der Waals surface area contributed by atoms with Crippen LogP contribution in [0.15, 0.2) is 0 Å². The zero-order valence-electron chi connectivity index (χ0n) is 10.4. The lowest BCUT2D eigenvalue weighted by molar-refractivity contribution is 0.445. The van der Waals surface area contributed by atoms with Crippen LogP contribution in [0.1, 0.15) is 51.5 Å². The number of hydrogen-bond acceptors (Lipinski definition) is 2. The highest BCUT2D eigenvalue weighted by molar-refractivity contribution is 5.31. The smallest absolute Gasteiger partial charge is 0.159 e. The molecule has 0 aliphatic heterocycles. The molecule has 1 atom stereocenters. The van der Waals surface area contributed by atoms with Gasteiger partial charge in [0.25, 0.3) is 0 Å². The van der Waals surface area contributed by atoms with Crippen LogP contribution in [0.5, 0.6) is 5.75 Å². The van der Waals surface area contributed by atoms with E-state index in [0.717, 1.165) is 24.2 Å². The van der Waals surface area contributed by atoms with Crippen LogP contribution in [0.4, 0.5) is 0 Å². The number of hydrogen-bond donors (Lipinski definition) is 1. The molecular formula is C12H22N2O. The van der Waals surface area contributed by atoms with Gasteiger partial charge in [0, 0.05) is 6.04 Å². The van der Waals surface area contributed by atoms with E-state index in [1.807, 2.05) is 11.6 Å². The maximum absolute atomic E-state index is 9.93. The molecule has 0 aliphatic rings. The van der Waals surface area contributed by atoms with Crippen LogP contribution >= 0.6 is 0 Å². The van der Waals surface area contributed by atoms with E-state index in [-0.39, 0.29) is 0 Å². The molecule has 0 fully saturated rings. The summed E-state index contributed by atoms with van der Waals surface area (Å²) in [7, 11) is 0. The first-order valence-electron chi connectivity index (χ1n) is 5.74. The quantitative estimate of drug-likeness (QED) is 0.829. The normalized spacial score (nSPS) is 13.5. The van der Waals surface area contributed by atoms with Crippen molar-refractivity contribution in [2.75, 3.05) is 0 Å². The van der Waals surface area contributed by atoms with Crippen molar-refractivity contribution in [3.05, 3.63) is 11.4 Å². The molecule has 1 aromatic rings. The van der Waals surface area contributed by atoms with Gasteiger partial charge in [-0.15, -0.1) is 0 Å². The monoisotopic (exact) mass is 210 g/mol. The van der Waals surface area contributed by atoms with Crippen molar-refractivity contribution >= 4 is 0 Å². The molecule has 3 heteroatoms. The fourth-order valence-corrected chi connectivity index (χ4v) is 1.70. The molecule has 1 aromatic heterocycles. The van der Waals surface area contributed by atoms with E-state index in [2.05, 4.69) is 32.8 Å². The molecule has 86 valence electrons. The third kappa shape index (κ3) is 2.52. The second-order valence-electron chi connectivity index (χ2n) is 4.68. The highest BCUT2D eigenvalue weighted by Crippen LogP contribution is 2.26. The fourth-order valence-electron chi connectivity index (χ4n) is 1.70. The van der Waals surface area contributed by atoms with Crippen molar-refractivity contribution < 1.29 is 5.11 Å². The minimum atomic E-state index is 0.358. The third-order valence-corrected chi connectivity index (χ3v) is 2.80. The highest BCUT2D eigenvalue weighted by Gasteiger charge is 2.16. The minimum Gasteiger partial charge on any atom is -0.504 e. The Balaban J connectivity index is 3.01. The van der Waals surface area contributed by atoms with Crippen LogP contribution in [0, 0.1) is 12.8 Å². The van der Waals surface area contributed by atoms with Gasteiger partial charge in [0.15, 0.2) is 5.75 Å². The zero-order chi connectivity index (χ0) is 11.6. The van der Waals surface area contributed by atoms with E-state index >= 15 is 0 Å². The van der Waals surface area contributed by atoms with Crippen molar-refractivity contribution in [3.63, 3.8) is 0 Å². The SMILES string of the molecule is CCC(C)n1nc(CC(C)C)c(O)c1C.